The van der Waals surface area contributed by atoms with E-state index in [9.17, 15) is 8.42 Å². The van der Waals surface area contributed by atoms with Crippen LogP contribution in [0.2, 0.25) is 0 Å². The number of sulfonamides is 1. The molecule has 0 saturated heterocycles. The molecule has 0 bridgehead atoms. The van der Waals surface area contributed by atoms with Crippen molar-refractivity contribution in [1.82, 2.24) is 9.71 Å². The Balaban J connectivity index is 1.83. The fourth-order valence-corrected chi connectivity index (χ4v) is 5.61. The normalized spacial score (nSPS) is 11.5. The molecule has 0 fully saturated rings. The Morgan fingerprint density at radius 2 is 1.93 bits per heavy atom. The first kappa shape index (κ1) is 20.8. The van der Waals surface area contributed by atoms with Crippen LogP contribution in [0.4, 0.5) is 0 Å². The van der Waals surface area contributed by atoms with Crippen LogP contribution in [0.1, 0.15) is 24.4 Å². The van der Waals surface area contributed by atoms with Crippen molar-refractivity contribution in [2.75, 3.05) is 13.2 Å². The average Bonchev–Trinajstić information content (AvgIpc) is 3.31. The van der Waals surface area contributed by atoms with E-state index in [0.29, 0.717) is 24.7 Å². The number of nitrogens with zero attached hydrogens (tertiary/aromatic N) is 1. The van der Waals surface area contributed by atoms with E-state index in [4.69, 9.17) is 9.47 Å². The van der Waals surface area contributed by atoms with Gasteiger partial charge in [-0.05, 0) is 44.4 Å². The Morgan fingerprint density at radius 3 is 2.61 bits per heavy atom. The summed E-state index contributed by atoms with van der Waals surface area (Å²) in [6, 6.07) is 8.79. The van der Waals surface area contributed by atoms with Crippen LogP contribution < -0.4 is 14.2 Å². The molecule has 9 heteroatoms. The first-order chi connectivity index (χ1) is 13.4. The molecular weight excluding hydrogens is 416 g/mol. The molecule has 0 unspecified atom stereocenters. The van der Waals surface area contributed by atoms with Crippen LogP contribution in [-0.4, -0.2) is 26.6 Å². The Kier molecular flexibility index (Phi) is 6.71. The zero-order chi connectivity index (χ0) is 20.1. The number of aryl methyl sites for hydroxylation is 1. The third-order valence-electron chi connectivity index (χ3n) is 3.86. The molecule has 2 heterocycles. The van der Waals surface area contributed by atoms with Gasteiger partial charge in [-0.15, -0.1) is 22.7 Å². The van der Waals surface area contributed by atoms with E-state index >= 15 is 0 Å². The molecule has 2 aromatic heterocycles. The van der Waals surface area contributed by atoms with Gasteiger partial charge in [-0.3, -0.25) is 0 Å². The second-order valence-corrected chi connectivity index (χ2v) is 9.57. The molecule has 0 spiro atoms. The second kappa shape index (κ2) is 9.04. The fourth-order valence-electron chi connectivity index (χ4n) is 2.57. The SMILES string of the molecule is CCOc1ccc(OCC)c(S(=O)(=O)NCc2sc(-c3cccs3)nc2C)c1. The van der Waals surface area contributed by atoms with Crippen molar-refractivity contribution in [2.24, 2.45) is 0 Å². The van der Waals surface area contributed by atoms with E-state index in [2.05, 4.69) is 9.71 Å². The van der Waals surface area contributed by atoms with Crippen LogP contribution in [-0.2, 0) is 16.6 Å². The van der Waals surface area contributed by atoms with Crippen molar-refractivity contribution in [3.63, 3.8) is 0 Å². The van der Waals surface area contributed by atoms with Crippen LogP contribution in [0.15, 0.2) is 40.6 Å². The van der Waals surface area contributed by atoms with Gasteiger partial charge in [0.25, 0.3) is 0 Å². The van der Waals surface area contributed by atoms with Crippen molar-refractivity contribution < 1.29 is 17.9 Å². The number of aromatic nitrogens is 1. The first-order valence-corrected chi connectivity index (χ1v) is 12.0. The van der Waals surface area contributed by atoms with Gasteiger partial charge in [-0.2, -0.15) is 0 Å². The summed E-state index contributed by atoms with van der Waals surface area (Å²) in [6.07, 6.45) is 0. The van der Waals surface area contributed by atoms with Crippen LogP contribution in [0.25, 0.3) is 9.88 Å². The summed E-state index contributed by atoms with van der Waals surface area (Å²) < 4.78 is 39.5. The maximum Gasteiger partial charge on any atom is 0.244 e. The first-order valence-electron chi connectivity index (χ1n) is 8.84. The molecule has 1 N–H and O–H groups in total. The number of ether oxygens (including phenoxy) is 2. The van der Waals surface area contributed by atoms with Gasteiger partial charge in [0, 0.05) is 17.5 Å². The number of hydrogen-bond acceptors (Lipinski definition) is 7. The van der Waals surface area contributed by atoms with Gasteiger partial charge in [0.1, 0.15) is 21.4 Å². The highest BCUT2D eigenvalue weighted by Crippen LogP contribution is 2.32. The molecule has 0 amide bonds. The minimum absolute atomic E-state index is 0.0703. The molecule has 6 nitrogen and oxygen atoms in total. The largest absolute Gasteiger partial charge is 0.494 e. The highest BCUT2D eigenvalue weighted by atomic mass is 32.2. The van der Waals surface area contributed by atoms with Gasteiger partial charge in [-0.25, -0.2) is 18.1 Å². The fraction of sp³-hybridized carbons (Fsp3) is 0.316. The summed E-state index contributed by atoms with van der Waals surface area (Å²) in [4.78, 5) is 6.59. The Morgan fingerprint density at radius 1 is 1.14 bits per heavy atom. The minimum Gasteiger partial charge on any atom is -0.494 e. The van der Waals surface area contributed by atoms with Crippen molar-refractivity contribution in [3.05, 3.63) is 46.3 Å². The van der Waals surface area contributed by atoms with E-state index in [1.165, 1.54) is 17.4 Å². The highest BCUT2D eigenvalue weighted by Gasteiger charge is 2.22. The molecule has 0 saturated carbocycles. The summed E-state index contributed by atoms with van der Waals surface area (Å²) in [5, 5.41) is 2.89. The lowest BCUT2D eigenvalue weighted by atomic mass is 10.3. The number of thiophene rings is 1. The Hall–Kier alpha value is -1.94. The van der Waals surface area contributed by atoms with Gasteiger partial charge in [0.15, 0.2) is 0 Å². The van der Waals surface area contributed by atoms with Crippen molar-refractivity contribution in [2.45, 2.75) is 32.2 Å². The zero-order valence-electron chi connectivity index (χ0n) is 15.9. The standard InChI is InChI=1S/C19H22N2O4S3/c1-4-24-14-8-9-15(25-5-2)18(11-14)28(22,23)20-12-17-13(3)21-19(27-17)16-7-6-10-26-16/h6-11,20H,4-5,12H2,1-3H3. The number of thiazole rings is 1. The molecule has 0 aliphatic rings. The van der Waals surface area contributed by atoms with Crippen LogP contribution in [0.5, 0.6) is 11.5 Å². The third kappa shape index (κ3) is 4.72. The zero-order valence-corrected chi connectivity index (χ0v) is 18.3. The molecule has 0 aliphatic carbocycles. The summed E-state index contributed by atoms with van der Waals surface area (Å²) in [5.41, 5.74) is 0.823. The highest BCUT2D eigenvalue weighted by molar-refractivity contribution is 7.89. The lowest BCUT2D eigenvalue weighted by molar-refractivity contribution is 0.322. The smallest absolute Gasteiger partial charge is 0.244 e. The van der Waals surface area contributed by atoms with Crippen molar-refractivity contribution in [1.29, 1.82) is 0 Å². The van der Waals surface area contributed by atoms with Crippen molar-refractivity contribution in [3.8, 4) is 21.4 Å². The van der Waals surface area contributed by atoms with Gasteiger partial charge in [-0.1, -0.05) is 6.07 Å². The average molecular weight is 439 g/mol. The lowest BCUT2D eigenvalue weighted by Gasteiger charge is -2.13. The molecule has 1 aromatic carbocycles. The summed E-state index contributed by atoms with van der Waals surface area (Å²) >= 11 is 3.11. The van der Waals surface area contributed by atoms with Gasteiger partial charge in [0.2, 0.25) is 10.0 Å². The topological polar surface area (TPSA) is 77.5 Å². The number of rotatable bonds is 9. The van der Waals surface area contributed by atoms with E-state index in [1.54, 1.807) is 23.5 Å². The monoisotopic (exact) mass is 438 g/mol. The van der Waals surface area contributed by atoms with Gasteiger partial charge < -0.3 is 9.47 Å². The molecular formula is C19H22N2O4S3. The van der Waals surface area contributed by atoms with Gasteiger partial charge >= 0.3 is 0 Å². The van der Waals surface area contributed by atoms with E-state index in [1.807, 2.05) is 38.3 Å². The van der Waals surface area contributed by atoms with Crippen LogP contribution in [0.3, 0.4) is 0 Å². The molecule has 3 aromatic rings. The minimum atomic E-state index is -3.79. The number of nitrogens with one attached hydrogen (secondary N) is 1. The van der Waals surface area contributed by atoms with Crippen LogP contribution >= 0.6 is 22.7 Å². The molecule has 0 radical (unpaired) electrons. The predicted octanol–water partition coefficient (Wildman–Crippen LogP) is 4.46. The Bertz CT molecular complexity index is 1030. The molecule has 0 aliphatic heterocycles. The second-order valence-electron chi connectivity index (χ2n) is 5.80. The maximum atomic E-state index is 12.9. The summed E-state index contributed by atoms with van der Waals surface area (Å²) in [5.74, 6) is 0.791. The maximum absolute atomic E-state index is 12.9. The molecule has 28 heavy (non-hydrogen) atoms. The summed E-state index contributed by atoms with van der Waals surface area (Å²) in [7, 11) is -3.79. The van der Waals surface area contributed by atoms with E-state index < -0.39 is 10.0 Å². The molecule has 0 atom stereocenters. The van der Waals surface area contributed by atoms with Crippen molar-refractivity contribution >= 4 is 32.7 Å². The van der Waals surface area contributed by atoms with Crippen LogP contribution in [0, 0.1) is 6.92 Å². The summed E-state index contributed by atoms with van der Waals surface area (Å²) in [6.45, 7) is 6.54. The van der Waals surface area contributed by atoms with E-state index in [0.717, 1.165) is 20.5 Å². The predicted molar refractivity (Wildman–Crippen MR) is 113 cm³/mol. The molecule has 3 rings (SSSR count). The number of benzene rings is 1. The Labute approximate surface area is 173 Å². The lowest BCUT2D eigenvalue weighted by Crippen LogP contribution is -2.24. The third-order valence-corrected chi connectivity index (χ3v) is 7.48. The van der Waals surface area contributed by atoms with Gasteiger partial charge in [0.05, 0.1) is 23.8 Å². The van der Waals surface area contributed by atoms with E-state index in [-0.39, 0.29) is 11.4 Å². The number of hydrogen-bond donors (Lipinski definition) is 1. The quantitative estimate of drug-likeness (QED) is 0.534. The molecule has 150 valence electrons.